The molecule has 3 heteroatoms. The van der Waals surface area contributed by atoms with Crippen LogP contribution < -0.4 is 5.73 Å². The van der Waals surface area contributed by atoms with Crippen molar-refractivity contribution in [2.75, 3.05) is 5.73 Å². The van der Waals surface area contributed by atoms with E-state index in [0.29, 0.717) is 17.1 Å². The number of nitrogens with two attached hydrogens (primary N) is 1. The van der Waals surface area contributed by atoms with E-state index in [1.54, 1.807) is 0 Å². The van der Waals surface area contributed by atoms with E-state index < -0.39 is 0 Å². The Bertz CT molecular complexity index is 351. The SMILES string of the molecule is Cc1cnc(N)c(C2CCCC(Cl)C2)c1. The van der Waals surface area contributed by atoms with E-state index in [4.69, 9.17) is 17.3 Å². The number of nitrogen functional groups attached to an aromatic ring is 1. The Hall–Kier alpha value is -0.760. The second-order valence-corrected chi connectivity index (χ2v) is 5.07. The Morgan fingerprint density at radius 3 is 3.00 bits per heavy atom. The lowest BCUT2D eigenvalue weighted by Gasteiger charge is -2.26. The second-order valence-electron chi connectivity index (χ2n) is 4.45. The molecule has 1 aliphatic rings. The minimum Gasteiger partial charge on any atom is -0.383 e. The van der Waals surface area contributed by atoms with Crippen molar-refractivity contribution >= 4 is 17.4 Å². The number of rotatable bonds is 1. The van der Waals surface area contributed by atoms with Gasteiger partial charge in [-0.2, -0.15) is 0 Å². The smallest absolute Gasteiger partial charge is 0.126 e. The highest BCUT2D eigenvalue weighted by molar-refractivity contribution is 6.20. The first kappa shape index (κ1) is 10.7. The van der Waals surface area contributed by atoms with E-state index in [0.717, 1.165) is 12.8 Å². The van der Waals surface area contributed by atoms with Crippen LogP contribution in [-0.2, 0) is 0 Å². The first-order chi connectivity index (χ1) is 7.16. The number of hydrogen-bond donors (Lipinski definition) is 1. The third-order valence-corrected chi connectivity index (χ3v) is 3.53. The van der Waals surface area contributed by atoms with Crippen LogP contribution in [-0.4, -0.2) is 10.4 Å². The van der Waals surface area contributed by atoms with Gasteiger partial charge in [0.15, 0.2) is 0 Å². The molecule has 0 aromatic carbocycles. The summed E-state index contributed by atoms with van der Waals surface area (Å²) in [4.78, 5) is 4.21. The summed E-state index contributed by atoms with van der Waals surface area (Å²) in [6.07, 6.45) is 6.39. The van der Waals surface area contributed by atoms with E-state index in [1.807, 2.05) is 6.20 Å². The first-order valence-electron chi connectivity index (χ1n) is 5.53. The largest absolute Gasteiger partial charge is 0.383 e. The lowest BCUT2D eigenvalue weighted by atomic mass is 9.83. The lowest BCUT2D eigenvalue weighted by molar-refractivity contribution is 0.449. The van der Waals surface area contributed by atoms with Gasteiger partial charge < -0.3 is 5.73 Å². The monoisotopic (exact) mass is 224 g/mol. The zero-order valence-electron chi connectivity index (χ0n) is 9.04. The Kier molecular flexibility index (Phi) is 3.15. The molecule has 2 unspecified atom stereocenters. The lowest BCUT2D eigenvalue weighted by Crippen LogP contribution is -2.15. The van der Waals surface area contributed by atoms with Crippen molar-refractivity contribution in [2.24, 2.45) is 0 Å². The molecule has 1 saturated carbocycles. The summed E-state index contributed by atoms with van der Waals surface area (Å²) >= 11 is 6.19. The molecule has 1 heterocycles. The molecular weight excluding hydrogens is 208 g/mol. The minimum atomic E-state index is 0.309. The number of hydrogen-bond acceptors (Lipinski definition) is 2. The van der Waals surface area contributed by atoms with Crippen LogP contribution in [0.3, 0.4) is 0 Å². The molecule has 0 spiro atoms. The van der Waals surface area contributed by atoms with Gasteiger partial charge in [0, 0.05) is 11.6 Å². The Morgan fingerprint density at radius 1 is 1.47 bits per heavy atom. The highest BCUT2D eigenvalue weighted by Crippen LogP contribution is 2.37. The second kappa shape index (κ2) is 4.40. The zero-order chi connectivity index (χ0) is 10.8. The van der Waals surface area contributed by atoms with E-state index in [1.165, 1.54) is 24.0 Å². The summed E-state index contributed by atoms with van der Waals surface area (Å²) in [6.45, 7) is 2.05. The van der Waals surface area contributed by atoms with E-state index in [9.17, 15) is 0 Å². The van der Waals surface area contributed by atoms with Crippen LogP contribution in [0.25, 0.3) is 0 Å². The number of anilines is 1. The van der Waals surface area contributed by atoms with Crippen molar-refractivity contribution in [1.82, 2.24) is 4.98 Å². The fraction of sp³-hybridized carbons (Fsp3) is 0.583. The molecule has 2 rings (SSSR count). The van der Waals surface area contributed by atoms with Crippen molar-refractivity contribution in [2.45, 2.75) is 43.9 Å². The third kappa shape index (κ3) is 2.43. The molecule has 0 bridgehead atoms. The molecule has 15 heavy (non-hydrogen) atoms. The summed E-state index contributed by atoms with van der Waals surface area (Å²) in [5, 5.41) is 0.309. The molecule has 2 nitrogen and oxygen atoms in total. The van der Waals surface area contributed by atoms with Crippen molar-refractivity contribution < 1.29 is 0 Å². The van der Waals surface area contributed by atoms with Crippen LogP contribution in [0.2, 0.25) is 0 Å². The van der Waals surface area contributed by atoms with Gasteiger partial charge in [-0.05, 0) is 43.2 Å². The predicted molar refractivity (Wildman–Crippen MR) is 64.2 cm³/mol. The Labute approximate surface area is 95.8 Å². The standard InChI is InChI=1S/C12H17ClN2/c1-8-5-11(12(14)15-7-8)9-3-2-4-10(13)6-9/h5,7,9-10H,2-4,6H2,1H3,(H2,14,15). The quantitative estimate of drug-likeness (QED) is 0.744. The van der Waals surface area contributed by atoms with Crippen molar-refractivity contribution in [3.05, 3.63) is 23.4 Å². The van der Waals surface area contributed by atoms with Crippen molar-refractivity contribution in [3.8, 4) is 0 Å². The number of nitrogens with zero attached hydrogens (tertiary/aromatic N) is 1. The van der Waals surface area contributed by atoms with Gasteiger partial charge in [-0.3, -0.25) is 0 Å². The fourth-order valence-corrected chi connectivity index (χ4v) is 2.71. The van der Waals surface area contributed by atoms with Gasteiger partial charge in [-0.1, -0.05) is 12.5 Å². The van der Waals surface area contributed by atoms with E-state index in [2.05, 4.69) is 18.0 Å². The highest BCUT2D eigenvalue weighted by Gasteiger charge is 2.23. The maximum absolute atomic E-state index is 6.19. The van der Waals surface area contributed by atoms with Crippen LogP contribution in [0.1, 0.15) is 42.7 Å². The van der Waals surface area contributed by atoms with Gasteiger partial charge in [-0.25, -0.2) is 4.98 Å². The molecular formula is C12H17ClN2. The van der Waals surface area contributed by atoms with Gasteiger partial charge in [0.1, 0.15) is 5.82 Å². The molecule has 1 aromatic rings. The summed E-state index contributed by atoms with van der Waals surface area (Å²) in [6, 6.07) is 2.15. The Morgan fingerprint density at radius 2 is 2.27 bits per heavy atom. The van der Waals surface area contributed by atoms with Crippen LogP contribution in [0.5, 0.6) is 0 Å². The fourth-order valence-electron chi connectivity index (χ4n) is 2.34. The van der Waals surface area contributed by atoms with Crippen molar-refractivity contribution in [1.29, 1.82) is 0 Å². The normalized spacial score (nSPS) is 26.5. The minimum absolute atomic E-state index is 0.309. The summed E-state index contributed by atoms with van der Waals surface area (Å²) in [5.74, 6) is 1.19. The maximum Gasteiger partial charge on any atom is 0.126 e. The van der Waals surface area contributed by atoms with Gasteiger partial charge in [0.2, 0.25) is 0 Å². The molecule has 0 aliphatic heterocycles. The Balaban J connectivity index is 2.24. The molecule has 1 aliphatic carbocycles. The van der Waals surface area contributed by atoms with Gasteiger partial charge in [-0.15, -0.1) is 11.6 Å². The first-order valence-corrected chi connectivity index (χ1v) is 5.96. The number of pyridine rings is 1. The molecule has 0 amide bonds. The number of aromatic nitrogens is 1. The molecule has 0 radical (unpaired) electrons. The van der Waals surface area contributed by atoms with E-state index >= 15 is 0 Å². The number of aryl methyl sites for hydroxylation is 1. The summed E-state index contributed by atoms with van der Waals surface area (Å²) in [7, 11) is 0. The van der Waals surface area contributed by atoms with E-state index in [-0.39, 0.29) is 0 Å². The third-order valence-electron chi connectivity index (χ3n) is 3.14. The van der Waals surface area contributed by atoms with Crippen LogP contribution in [0, 0.1) is 6.92 Å². The molecule has 82 valence electrons. The number of alkyl halides is 1. The van der Waals surface area contributed by atoms with Gasteiger partial charge in [0.05, 0.1) is 0 Å². The van der Waals surface area contributed by atoms with Crippen LogP contribution in [0.4, 0.5) is 5.82 Å². The predicted octanol–water partition coefficient (Wildman–Crippen LogP) is 3.24. The average Bonchev–Trinajstić information content (AvgIpc) is 2.22. The topological polar surface area (TPSA) is 38.9 Å². The van der Waals surface area contributed by atoms with Gasteiger partial charge >= 0.3 is 0 Å². The summed E-state index contributed by atoms with van der Waals surface area (Å²) in [5.41, 5.74) is 8.28. The van der Waals surface area contributed by atoms with Crippen molar-refractivity contribution in [3.63, 3.8) is 0 Å². The maximum atomic E-state index is 6.19. The number of halogens is 1. The van der Waals surface area contributed by atoms with Gasteiger partial charge in [0.25, 0.3) is 0 Å². The molecule has 2 atom stereocenters. The molecule has 1 fully saturated rings. The molecule has 0 saturated heterocycles. The molecule has 1 aromatic heterocycles. The molecule has 2 N–H and O–H groups in total. The average molecular weight is 225 g/mol. The highest BCUT2D eigenvalue weighted by atomic mass is 35.5. The van der Waals surface area contributed by atoms with Crippen LogP contribution >= 0.6 is 11.6 Å². The zero-order valence-corrected chi connectivity index (χ0v) is 9.80. The summed E-state index contributed by atoms with van der Waals surface area (Å²) < 4.78 is 0. The van der Waals surface area contributed by atoms with Crippen LogP contribution in [0.15, 0.2) is 12.3 Å².